The molecule has 13 heavy (non-hydrogen) atoms. The van der Waals surface area contributed by atoms with Crippen LogP contribution in [0.5, 0.6) is 0 Å². The molecule has 1 N–H and O–H groups in total. The molecule has 0 heterocycles. The van der Waals surface area contributed by atoms with Crippen molar-refractivity contribution < 1.29 is 0 Å². The molecule has 0 aromatic carbocycles. The van der Waals surface area contributed by atoms with Crippen LogP contribution in [-0.2, 0) is 0 Å². The van der Waals surface area contributed by atoms with E-state index < -0.39 is 0 Å². The Morgan fingerprint density at radius 3 is 2.31 bits per heavy atom. The highest BCUT2D eigenvalue weighted by molar-refractivity contribution is 4.97. The average molecular weight is 179 g/mol. The van der Waals surface area contributed by atoms with Crippen molar-refractivity contribution in [3.63, 3.8) is 0 Å². The smallest absolute Gasteiger partial charge is 0.0218 e. The summed E-state index contributed by atoms with van der Waals surface area (Å²) in [5.41, 5.74) is 0.341. The van der Waals surface area contributed by atoms with Crippen LogP contribution in [0.1, 0.15) is 38.5 Å². The highest BCUT2D eigenvalue weighted by Crippen LogP contribution is 2.31. The molecule has 0 spiro atoms. The zero-order chi connectivity index (χ0) is 9.57. The summed E-state index contributed by atoms with van der Waals surface area (Å²) in [6.45, 7) is 8.51. The quantitative estimate of drug-likeness (QED) is 0.640. The molecular formula is C12H21N. The maximum atomic E-state index is 3.84. The molecule has 0 saturated heterocycles. The van der Waals surface area contributed by atoms with E-state index in [1.54, 1.807) is 0 Å². The lowest BCUT2D eigenvalue weighted by atomic mass is 9.79. The van der Waals surface area contributed by atoms with Gasteiger partial charge in [-0.1, -0.05) is 31.4 Å². The second-order valence-corrected chi connectivity index (χ2v) is 4.00. The molecule has 0 radical (unpaired) electrons. The van der Waals surface area contributed by atoms with Crippen LogP contribution in [0.3, 0.4) is 0 Å². The van der Waals surface area contributed by atoms with Crippen molar-refractivity contribution in [2.24, 2.45) is 0 Å². The monoisotopic (exact) mass is 179 g/mol. The lowest BCUT2D eigenvalue weighted by Crippen LogP contribution is -2.46. The van der Waals surface area contributed by atoms with Gasteiger partial charge in [-0.25, -0.2) is 0 Å². The zero-order valence-electron chi connectivity index (χ0n) is 8.52. The summed E-state index contributed by atoms with van der Waals surface area (Å²) in [7, 11) is 0. The lowest BCUT2D eigenvalue weighted by Gasteiger charge is -2.37. The SMILES string of the molecule is C=CCNC1(CC=C)CCCCC1. The van der Waals surface area contributed by atoms with Crippen LogP contribution in [0, 0.1) is 0 Å². The van der Waals surface area contributed by atoms with E-state index in [4.69, 9.17) is 0 Å². The minimum absolute atomic E-state index is 0.341. The van der Waals surface area contributed by atoms with Crippen LogP contribution in [-0.4, -0.2) is 12.1 Å². The van der Waals surface area contributed by atoms with Gasteiger partial charge >= 0.3 is 0 Å². The Hall–Kier alpha value is -0.560. The molecular weight excluding hydrogens is 158 g/mol. The molecule has 1 rings (SSSR count). The molecule has 0 bridgehead atoms. The fraction of sp³-hybridized carbons (Fsp3) is 0.667. The number of rotatable bonds is 5. The van der Waals surface area contributed by atoms with Crippen LogP contribution in [0.2, 0.25) is 0 Å². The predicted molar refractivity (Wildman–Crippen MR) is 58.8 cm³/mol. The first-order chi connectivity index (χ1) is 6.33. The van der Waals surface area contributed by atoms with Crippen LogP contribution < -0.4 is 5.32 Å². The van der Waals surface area contributed by atoms with Crippen molar-refractivity contribution in [3.8, 4) is 0 Å². The van der Waals surface area contributed by atoms with Gasteiger partial charge in [0.05, 0.1) is 0 Å². The van der Waals surface area contributed by atoms with E-state index in [0.717, 1.165) is 13.0 Å². The van der Waals surface area contributed by atoms with E-state index >= 15 is 0 Å². The van der Waals surface area contributed by atoms with Crippen molar-refractivity contribution in [3.05, 3.63) is 25.3 Å². The van der Waals surface area contributed by atoms with Crippen LogP contribution in [0.15, 0.2) is 25.3 Å². The Labute approximate surface area is 81.9 Å². The van der Waals surface area contributed by atoms with Crippen molar-refractivity contribution in [2.45, 2.75) is 44.1 Å². The number of nitrogens with one attached hydrogen (secondary N) is 1. The molecule has 1 aliphatic carbocycles. The largest absolute Gasteiger partial charge is 0.307 e. The molecule has 0 aromatic rings. The highest BCUT2D eigenvalue weighted by Gasteiger charge is 2.29. The summed E-state index contributed by atoms with van der Waals surface area (Å²) >= 11 is 0. The summed E-state index contributed by atoms with van der Waals surface area (Å²) in [6, 6.07) is 0. The molecule has 1 nitrogen and oxygen atoms in total. The van der Waals surface area contributed by atoms with E-state index in [2.05, 4.69) is 18.5 Å². The van der Waals surface area contributed by atoms with Crippen LogP contribution in [0.4, 0.5) is 0 Å². The molecule has 1 fully saturated rings. The molecule has 0 aromatic heterocycles. The Bertz CT molecular complexity index is 166. The molecule has 0 atom stereocenters. The summed E-state index contributed by atoms with van der Waals surface area (Å²) in [5.74, 6) is 0. The fourth-order valence-corrected chi connectivity index (χ4v) is 2.25. The van der Waals surface area contributed by atoms with Gasteiger partial charge in [0, 0.05) is 12.1 Å². The predicted octanol–water partition coefficient (Wildman–Crippen LogP) is 3.04. The lowest BCUT2D eigenvalue weighted by molar-refractivity contribution is 0.241. The van der Waals surface area contributed by atoms with Crippen molar-refractivity contribution in [1.82, 2.24) is 5.32 Å². The van der Waals surface area contributed by atoms with Gasteiger partial charge in [-0.3, -0.25) is 0 Å². The van der Waals surface area contributed by atoms with Crippen molar-refractivity contribution in [2.75, 3.05) is 6.54 Å². The van der Waals surface area contributed by atoms with Gasteiger partial charge in [-0.15, -0.1) is 13.2 Å². The van der Waals surface area contributed by atoms with Crippen molar-refractivity contribution >= 4 is 0 Å². The van der Waals surface area contributed by atoms with E-state index in [-0.39, 0.29) is 0 Å². The minimum Gasteiger partial charge on any atom is -0.307 e. The maximum absolute atomic E-state index is 3.84. The van der Waals surface area contributed by atoms with Crippen molar-refractivity contribution in [1.29, 1.82) is 0 Å². The Balaban J connectivity index is 2.49. The first-order valence-corrected chi connectivity index (χ1v) is 5.30. The highest BCUT2D eigenvalue weighted by atomic mass is 15.0. The first kappa shape index (κ1) is 10.5. The first-order valence-electron chi connectivity index (χ1n) is 5.30. The summed E-state index contributed by atoms with van der Waals surface area (Å²) in [4.78, 5) is 0. The van der Waals surface area contributed by atoms with E-state index in [1.807, 2.05) is 12.2 Å². The van der Waals surface area contributed by atoms with Crippen LogP contribution in [0.25, 0.3) is 0 Å². The second kappa shape index (κ2) is 5.23. The zero-order valence-corrected chi connectivity index (χ0v) is 8.52. The number of hydrogen-bond donors (Lipinski definition) is 1. The van der Waals surface area contributed by atoms with E-state index in [9.17, 15) is 0 Å². The van der Waals surface area contributed by atoms with Gasteiger partial charge < -0.3 is 5.32 Å². The van der Waals surface area contributed by atoms with Gasteiger partial charge in [0.15, 0.2) is 0 Å². The second-order valence-electron chi connectivity index (χ2n) is 4.00. The van der Waals surface area contributed by atoms with Gasteiger partial charge in [0.25, 0.3) is 0 Å². The summed E-state index contributed by atoms with van der Waals surface area (Å²) in [5, 5.41) is 3.60. The Kier molecular flexibility index (Phi) is 4.23. The molecule has 0 amide bonds. The molecule has 1 heteroatoms. The molecule has 0 unspecified atom stereocenters. The van der Waals surface area contributed by atoms with E-state index in [1.165, 1.54) is 32.1 Å². The third-order valence-corrected chi connectivity index (χ3v) is 2.97. The van der Waals surface area contributed by atoms with Gasteiger partial charge in [-0.2, -0.15) is 0 Å². The standard InChI is InChI=1S/C12H21N/c1-3-8-12(13-11-4-2)9-6-5-7-10-12/h3-4,13H,1-2,5-11H2. The normalized spacial score (nSPS) is 20.9. The van der Waals surface area contributed by atoms with Gasteiger partial charge in [0.2, 0.25) is 0 Å². The topological polar surface area (TPSA) is 12.0 Å². The third-order valence-electron chi connectivity index (χ3n) is 2.97. The van der Waals surface area contributed by atoms with Gasteiger partial charge in [0.1, 0.15) is 0 Å². The molecule has 74 valence electrons. The molecule has 0 aliphatic heterocycles. The Morgan fingerprint density at radius 1 is 1.08 bits per heavy atom. The van der Waals surface area contributed by atoms with Crippen LogP contribution >= 0.6 is 0 Å². The minimum atomic E-state index is 0.341. The average Bonchev–Trinajstić information content (AvgIpc) is 2.17. The van der Waals surface area contributed by atoms with Gasteiger partial charge in [-0.05, 0) is 19.3 Å². The molecule has 1 saturated carbocycles. The Morgan fingerprint density at radius 2 is 1.77 bits per heavy atom. The maximum Gasteiger partial charge on any atom is 0.0218 e. The summed E-state index contributed by atoms with van der Waals surface area (Å²) < 4.78 is 0. The van der Waals surface area contributed by atoms with E-state index in [0.29, 0.717) is 5.54 Å². The fourth-order valence-electron chi connectivity index (χ4n) is 2.25. The summed E-state index contributed by atoms with van der Waals surface area (Å²) in [6.07, 6.45) is 11.8. The number of hydrogen-bond acceptors (Lipinski definition) is 1. The third kappa shape index (κ3) is 3.00. The molecule has 1 aliphatic rings.